The van der Waals surface area contributed by atoms with E-state index in [2.05, 4.69) is 31.3 Å². The number of aliphatic hydroxyl groups excluding tert-OH is 2. The molecular formula is C56H109NO5. The number of ether oxygens (including phenoxy) is 1. The summed E-state index contributed by atoms with van der Waals surface area (Å²) in [5.41, 5.74) is 0. The average Bonchev–Trinajstić information content (AvgIpc) is 3.27. The zero-order valence-corrected chi connectivity index (χ0v) is 41.9. The van der Waals surface area contributed by atoms with Gasteiger partial charge in [-0.15, -0.1) is 0 Å². The average molecular weight is 876 g/mol. The Morgan fingerprint density at radius 2 is 0.758 bits per heavy atom. The third-order valence-corrected chi connectivity index (χ3v) is 13.1. The smallest absolute Gasteiger partial charge is 0.305 e. The van der Waals surface area contributed by atoms with Crippen LogP contribution in [0.3, 0.4) is 0 Å². The van der Waals surface area contributed by atoms with Gasteiger partial charge in [-0.25, -0.2) is 0 Å². The van der Waals surface area contributed by atoms with E-state index in [1.54, 1.807) is 0 Å². The van der Waals surface area contributed by atoms with Crippen LogP contribution in [0.25, 0.3) is 0 Å². The van der Waals surface area contributed by atoms with Crippen molar-refractivity contribution in [2.75, 3.05) is 13.2 Å². The zero-order valence-electron chi connectivity index (χ0n) is 41.9. The molecule has 0 aliphatic carbocycles. The lowest BCUT2D eigenvalue weighted by Crippen LogP contribution is -2.45. The number of esters is 1. The molecule has 368 valence electrons. The second-order valence-electron chi connectivity index (χ2n) is 19.3. The molecule has 0 heterocycles. The van der Waals surface area contributed by atoms with Crippen molar-refractivity contribution in [2.24, 2.45) is 0 Å². The Labute approximate surface area is 387 Å². The standard InChI is InChI=1S/C56H109NO5/c1-3-5-7-9-11-13-15-17-18-19-20-21-22-23-24-25-26-27-28-29-32-36-40-44-48-54(59)53(52-58)57-55(60)49-45-41-37-33-31-35-39-43-47-51-62-56(61)50-46-42-38-34-30-16-14-12-10-8-6-4-2/h12,14,53-54,58-59H,3-11,13,15-52H2,1-2H3,(H,57,60)/b14-12-. The lowest BCUT2D eigenvalue weighted by molar-refractivity contribution is -0.143. The van der Waals surface area contributed by atoms with E-state index in [4.69, 9.17) is 4.74 Å². The van der Waals surface area contributed by atoms with Gasteiger partial charge in [0.25, 0.3) is 0 Å². The van der Waals surface area contributed by atoms with Crippen LogP contribution in [0.2, 0.25) is 0 Å². The van der Waals surface area contributed by atoms with E-state index in [-0.39, 0.29) is 18.5 Å². The van der Waals surface area contributed by atoms with Crippen LogP contribution in [0.15, 0.2) is 12.2 Å². The third-order valence-electron chi connectivity index (χ3n) is 13.1. The zero-order chi connectivity index (χ0) is 45.1. The van der Waals surface area contributed by atoms with E-state index in [1.807, 2.05) is 0 Å². The summed E-state index contributed by atoms with van der Waals surface area (Å²) in [6.45, 7) is 4.88. The molecule has 0 saturated heterocycles. The summed E-state index contributed by atoms with van der Waals surface area (Å²) in [4.78, 5) is 24.5. The van der Waals surface area contributed by atoms with Crippen molar-refractivity contribution in [2.45, 2.75) is 321 Å². The van der Waals surface area contributed by atoms with Crippen molar-refractivity contribution in [3.63, 3.8) is 0 Å². The van der Waals surface area contributed by atoms with Crippen LogP contribution in [0.5, 0.6) is 0 Å². The summed E-state index contributed by atoms with van der Waals surface area (Å²) >= 11 is 0. The summed E-state index contributed by atoms with van der Waals surface area (Å²) in [5, 5.41) is 23.3. The SMILES string of the molecule is CCCCC/C=C\CCCCCCCC(=O)OCCCCCCCCCCCC(=O)NC(CO)C(O)CCCCCCCCCCCCCCCCCCCCCCCCCC. The molecule has 0 aromatic heterocycles. The van der Waals surface area contributed by atoms with Crippen LogP contribution < -0.4 is 5.32 Å². The Morgan fingerprint density at radius 1 is 0.435 bits per heavy atom. The van der Waals surface area contributed by atoms with E-state index in [0.29, 0.717) is 25.9 Å². The van der Waals surface area contributed by atoms with Gasteiger partial charge in [0.15, 0.2) is 0 Å². The number of amides is 1. The number of hydrogen-bond donors (Lipinski definition) is 3. The Kier molecular flexibility index (Phi) is 51.0. The maximum absolute atomic E-state index is 12.5. The Balaban J connectivity index is 3.47. The second kappa shape index (κ2) is 52.2. The predicted octanol–water partition coefficient (Wildman–Crippen LogP) is 16.9. The Hall–Kier alpha value is -1.40. The van der Waals surface area contributed by atoms with Crippen molar-refractivity contribution in [1.29, 1.82) is 0 Å². The fourth-order valence-corrected chi connectivity index (χ4v) is 8.75. The van der Waals surface area contributed by atoms with Gasteiger partial charge in [0.1, 0.15) is 0 Å². The molecule has 0 saturated carbocycles. The topological polar surface area (TPSA) is 95.9 Å². The molecule has 0 radical (unpaired) electrons. The fraction of sp³-hybridized carbons (Fsp3) is 0.929. The predicted molar refractivity (Wildman–Crippen MR) is 269 cm³/mol. The minimum Gasteiger partial charge on any atom is -0.466 e. The van der Waals surface area contributed by atoms with Crippen molar-refractivity contribution in [3.05, 3.63) is 12.2 Å². The molecule has 0 rings (SSSR count). The molecule has 6 nitrogen and oxygen atoms in total. The highest BCUT2D eigenvalue weighted by Crippen LogP contribution is 2.17. The van der Waals surface area contributed by atoms with Crippen molar-refractivity contribution in [3.8, 4) is 0 Å². The van der Waals surface area contributed by atoms with Gasteiger partial charge in [0, 0.05) is 12.8 Å². The van der Waals surface area contributed by atoms with Crippen molar-refractivity contribution in [1.82, 2.24) is 5.32 Å². The molecule has 6 heteroatoms. The largest absolute Gasteiger partial charge is 0.466 e. The first-order valence-electron chi connectivity index (χ1n) is 27.9. The molecule has 0 spiro atoms. The molecule has 0 aliphatic rings. The Bertz CT molecular complexity index is 924. The number of nitrogens with one attached hydrogen (secondary N) is 1. The van der Waals surface area contributed by atoms with Gasteiger partial charge < -0.3 is 20.3 Å². The highest BCUT2D eigenvalue weighted by Gasteiger charge is 2.20. The van der Waals surface area contributed by atoms with Gasteiger partial charge in [-0.3, -0.25) is 9.59 Å². The van der Waals surface area contributed by atoms with Gasteiger partial charge >= 0.3 is 5.97 Å². The Morgan fingerprint density at radius 3 is 1.18 bits per heavy atom. The molecule has 0 fully saturated rings. The van der Waals surface area contributed by atoms with Crippen LogP contribution in [0.4, 0.5) is 0 Å². The molecule has 0 aromatic carbocycles. The number of rotatable bonds is 52. The molecule has 1 amide bonds. The first-order valence-corrected chi connectivity index (χ1v) is 27.9. The van der Waals surface area contributed by atoms with Crippen LogP contribution in [0.1, 0.15) is 309 Å². The van der Waals surface area contributed by atoms with Crippen molar-refractivity contribution >= 4 is 11.9 Å². The molecule has 3 N–H and O–H groups in total. The summed E-state index contributed by atoms with van der Waals surface area (Å²) in [5.74, 6) is -0.0938. The first kappa shape index (κ1) is 60.6. The molecule has 0 aromatic rings. The normalized spacial score (nSPS) is 12.6. The first-order chi connectivity index (χ1) is 30.5. The maximum Gasteiger partial charge on any atom is 0.305 e. The maximum atomic E-state index is 12.5. The highest BCUT2D eigenvalue weighted by molar-refractivity contribution is 5.76. The number of allylic oxidation sites excluding steroid dienone is 2. The summed E-state index contributed by atoms with van der Waals surface area (Å²) in [6, 6.07) is -0.562. The van der Waals surface area contributed by atoms with Gasteiger partial charge in [-0.2, -0.15) is 0 Å². The highest BCUT2D eigenvalue weighted by atomic mass is 16.5. The lowest BCUT2D eigenvalue weighted by atomic mass is 10.0. The molecular weight excluding hydrogens is 767 g/mol. The number of unbranched alkanes of at least 4 members (excludes halogenated alkanes) is 39. The number of hydrogen-bond acceptors (Lipinski definition) is 5. The molecule has 2 unspecified atom stereocenters. The molecule has 0 aliphatic heterocycles. The van der Waals surface area contributed by atoms with E-state index >= 15 is 0 Å². The number of carbonyl (C=O) groups is 2. The number of carbonyl (C=O) groups excluding carboxylic acids is 2. The second-order valence-corrected chi connectivity index (χ2v) is 19.3. The molecule has 62 heavy (non-hydrogen) atoms. The van der Waals surface area contributed by atoms with E-state index < -0.39 is 12.1 Å². The molecule has 2 atom stereocenters. The quantitative estimate of drug-likeness (QED) is 0.0321. The van der Waals surface area contributed by atoms with E-state index in [9.17, 15) is 19.8 Å². The third kappa shape index (κ3) is 48.1. The van der Waals surface area contributed by atoms with Gasteiger partial charge in [0.2, 0.25) is 5.91 Å². The minimum atomic E-state index is -0.682. The molecule has 0 bridgehead atoms. The summed E-state index contributed by atoms with van der Waals surface area (Å²) < 4.78 is 5.44. The minimum absolute atomic E-state index is 0.0339. The fourth-order valence-electron chi connectivity index (χ4n) is 8.75. The van der Waals surface area contributed by atoms with Crippen LogP contribution in [0, 0.1) is 0 Å². The van der Waals surface area contributed by atoms with Gasteiger partial charge in [-0.1, -0.05) is 257 Å². The van der Waals surface area contributed by atoms with Gasteiger partial charge in [-0.05, 0) is 51.4 Å². The van der Waals surface area contributed by atoms with Crippen LogP contribution in [-0.4, -0.2) is 47.4 Å². The summed E-state index contributed by atoms with van der Waals surface area (Å²) in [7, 11) is 0. The number of aliphatic hydroxyl groups is 2. The lowest BCUT2D eigenvalue weighted by Gasteiger charge is -2.22. The summed E-state index contributed by atoms with van der Waals surface area (Å²) in [6.07, 6.45) is 60.5. The van der Waals surface area contributed by atoms with Crippen molar-refractivity contribution < 1.29 is 24.5 Å². The van der Waals surface area contributed by atoms with Gasteiger partial charge in [0.05, 0.1) is 25.4 Å². The van der Waals surface area contributed by atoms with Crippen LogP contribution >= 0.6 is 0 Å². The van der Waals surface area contributed by atoms with E-state index in [1.165, 1.54) is 218 Å². The van der Waals surface area contributed by atoms with E-state index in [0.717, 1.165) is 57.8 Å². The monoisotopic (exact) mass is 876 g/mol. The van der Waals surface area contributed by atoms with Crippen LogP contribution in [-0.2, 0) is 14.3 Å².